The lowest BCUT2D eigenvalue weighted by molar-refractivity contribution is 0.0266. The van der Waals surface area contributed by atoms with Crippen LogP contribution in [-0.2, 0) is 4.74 Å². The molecule has 0 spiro atoms. The highest BCUT2D eigenvalue weighted by Crippen LogP contribution is 2.17. The van der Waals surface area contributed by atoms with E-state index in [0.29, 0.717) is 12.0 Å². The number of hydrogen-bond donors (Lipinski definition) is 2. The zero-order valence-corrected chi connectivity index (χ0v) is 17.4. The molecule has 6 heteroatoms. The second-order valence-electron chi connectivity index (χ2n) is 7.38. The lowest BCUT2D eigenvalue weighted by atomic mass is 10.0. The van der Waals surface area contributed by atoms with Gasteiger partial charge in [-0.1, -0.05) is 19.9 Å². The number of piperidine rings is 1. The lowest BCUT2D eigenvalue weighted by Gasteiger charge is -2.33. The molecule has 1 aromatic heterocycles. The molecular weight excluding hydrogens is 338 g/mol. The van der Waals surface area contributed by atoms with Crippen molar-refractivity contribution in [3.8, 4) is 0 Å². The van der Waals surface area contributed by atoms with Crippen LogP contribution < -0.4 is 15.5 Å². The summed E-state index contributed by atoms with van der Waals surface area (Å²) in [4.78, 5) is 11.6. The number of ether oxygens (including phenoxy) is 1. The van der Waals surface area contributed by atoms with Crippen LogP contribution in [0.25, 0.3) is 0 Å². The third-order valence-corrected chi connectivity index (χ3v) is 4.96. The summed E-state index contributed by atoms with van der Waals surface area (Å²) < 4.78 is 5.83. The molecule has 152 valence electrons. The van der Waals surface area contributed by atoms with E-state index in [-0.39, 0.29) is 6.10 Å². The van der Waals surface area contributed by atoms with E-state index in [4.69, 9.17) is 9.73 Å². The lowest BCUT2D eigenvalue weighted by Crippen LogP contribution is -2.49. The van der Waals surface area contributed by atoms with Gasteiger partial charge in [0, 0.05) is 45.0 Å². The normalized spacial score (nSPS) is 17.2. The van der Waals surface area contributed by atoms with Gasteiger partial charge >= 0.3 is 0 Å². The minimum atomic E-state index is 0.281. The highest BCUT2D eigenvalue weighted by atomic mass is 16.5. The van der Waals surface area contributed by atoms with Crippen LogP contribution in [-0.4, -0.2) is 55.9 Å². The molecule has 0 radical (unpaired) electrons. The molecule has 1 saturated heterocycles. The predicted molar refractivity (Wildman–Crippen MR) is 113 cm³/mol. The number of nitrogens with one attached hydrogen (secondary N) is 2. The number of guanidine groups is 1. The molecule has 0 saturated carbocycles. The van der Waals surface area contributed by atoms with Crippen molar-refractivity contribution in [3.63, 3.8) is 0 Å². The van der Waals surface area contributed by atoms with Gasteiger partial charge in [0.1, 0.15) is 5.82 Å². The molecule has 1 atom stereocenters. The average Bonchev–Trinajstić information content (AvgIpc) is 2.68. The molecule has 1 unspecified atom stereocenters. The first-order valence-electron chi connectivity index (χ1n) is 10.5. The number of nitrogens with zero attached hydrogens (tertiary/aromatic N) is 3. The summed E-state index contributed by atoms with van der Waals surface area (Å²) in [6.45, 7) is 13.1. The highest BCUT2D eigenvalue weighted by Gasteiger charge is 2.21. The zero-order valence-electron chi connectivity index (χ0n) is 17.4. The van der Waals surface area contributed by atoms with Crippen LogP contribution in [0.3, 0.4) is 0 Å². The van der Waals surface area contributed by atoms with Gasteiger partial charge in [-0.15, -0.1) is 0 Å². The highest BCUT2D eigenvalue weighted by molar-refractivity contribution is 5.80. The smallest absolute Gasteiger partial charge is 0.191 e. The Balaban J connectivity index is 1.81. The SMILES string of the molecule is CCNC(=NCCC(OCC)C(C)C)NC1CCN(c2ccccn2)CC1. The Hall–Kier alpha value is -1.82. The summed E-state index contributed by atoms with van der Waals surface area (Å²) in [5.41, 5.74) is 0. The molecule has 27 heavy (non-hydrogen) atoms. The van der Waals surface area contributed by atoms with Gasteiger partial charge in [-0.2, -0.15) is 0 Å². The summed E-state index contributed by atoms with van der Waals surface area (Å²) >= 11 is 0. The fraction of sp³-hybridized carbons (Fsp3) is 0.714. The molecule has 1 aromatic rings. The van der Waals surface area contributed by atoms with Crippen molar-refractivity contribution >= 4 is 11.8 Å². The molecule has 1 aliphatic rings. The van der Waals surface area contributed by atoms with Gasteiger partial charge < -0.3 is 20.3 Å². The quantitative estimate of drug-likeness (QED) is 0.513. The molecule has 0 aromatic carbocycles. The van der Waals surface area contributed by atoms with Gasteiger partial charge in [0.25, 0.3) is 0 Å². The average molecular weight is 376 g/mol. The van der Waals surface area contributed by atoms with Crippen molar-refractivity contribution in [3.05, 3.63) is 24.4 Å². The molecule has 0 amide bonds. The van der Waals surface area contributed by atoms with E-state index in [1.54, 1.807) is 0 Å². The molecule has 6 nitrogen and oxygen atoms in total. The Bertz CT molecular complexity index is 541. The Morgan fingerprint density at radius 1 is 1.30 bits per heavy atom. The van der Waals surface area contributed by atoms with Gasteiger partial charge in [0.05, 0.1) is 6.10 Å². The van der Waals surface area contributed by atoms with E-state index >= 15 is 0 Å². The number of aliphatic imine (C=N–C) groups is 1. The van der Waals surface area contributed by atoms with Crippen molar-refractivity contribution in [2.75, 3.05) is 37.7 Å². The number of rotatable bonds is 9. The van der Waals surface area contributed by atoms with Crippen LogP contribution in [0.4, 0.5) is 5.82 Å². The number of hydrogen-bond acceptors (Lipinski definition) is 4. The third-order valence-electron chi connectivity index (χ3n) is 4.96. The topological polar surface area (TPSA) is 61.8 Å². The van der Waals surface area contributed by atoms with E-state index in [1.807, 2.05) is 12.3 Å². The number of anilines is 1. The molecule has 2 heterocycles. The van der Waals surface area contributed by atoms with E-state index in [1.165, 1.54) is 0 Å². The van der Waals surface area contributed by atoms with Crippen molar-refractivity contribution in [1.29, 1.82) is 0 Å². The fourth-order valence-corrected chi connectivity index (χ4v) is 3.43. The Kier molecular flexibility index (Phi) is 9.39. The van der Waals surface area contributed by atoms with Gasteiger partial charge in [0.15, 0.2) is 5.96 Å². The number of pyridine rings is 1. The van der Waals surface area contributed by atoms with Crippen LogP contribution in [0.1, 0.15) is 47.0 Å². The number of aromatic nitrogens is 1. The Morgan fingerprint density at radius 3 is 2.67 bits per heavy atom. The largest absolute Gasteiger partial charge is 0.378 e. The molecule has 1 aliphatic heterocycles. The van der Waals surface area contributed by atoms with Crippen molar-refractivity contribution in [2.24, 2.45) is 10.9 Å². The fourth-order valence-electron chi connectivity index (χ4n) is 3.43. The van der Waals surface area contributed by atoms with E-state index in [9.17, 15) is 0 Å². The molecule has 0 bridgehead atoms. The molecule has 2 rings (SSSR count). The molecule has 0 aliphatic carbocycles. The van der Waals surface area contributed by atoms with Crippen LogP contribution >= 0.6 is 0 Å². The monoisotopic (exact) mass is 375 g/mol. The van der Waals surface area contributed by atoms with Crippen LogP contribution in [0.2, 0.25) is 0 Å². The molecular formula is C21H37N5O. The zero-order chi connectivity index (χ0) is 19.5. The predicted octanol–water partition coefficient (Wildman–Crippen LogP) is 3.06. The molecule has 2 N–H and O–H groups in total. The Morgan fingerprint density at radius 2 is 2.07 bits per heavy atom. The summed E-state index contributed by atoms with van der Waals surface area (Å²) in [6, 6.07) is 6.56. The summed E-state index contributed by atoms with van der Waals surface area (Å²) in [5.74, 6) is 2.52. The van der Waals surface area contributed by atoms with Gasteiger partial charge in [-0.25, -0.2) is 4.98 Å². The van der Waals surface area contributed by atoms with Crippen molar-refractivity contribution in [2.45, 2.75) is 59.1 Å². The minimum Gasteiger partial charge on any atom is -0.378 e. The van der Waals surface area contributed by atoms with Gasteiger partial charge in [0.2, 0.25) is 0 Å². The maximum atomic E-state index is 5.83. The Labute approximate surface area is 164 Å². The van der Waals surface area contributed by atoms with E-state index in [2.05, 4.69) is 60.3 Å². The summed E-state index contributed by atoms with van der Waals surface area (Å²) in [7, 11) is 0. The van der Waals surface area contributed by atoms with E-state index < -0.39 is 0 Å². The van der Waals surface area contributed by atoms with Gasteiger partial charge in [-0.3, -0.25) is 4.99 Å². The first-order chi connectivity index (χ1) is 13.1. The first-order valence-corrected chi connectivity index (χ1v) is 10.5. The second-order valence-corrected chi connectivity index (χ2v) is 7.38. The van der Waals surface area contributed by atoms with Gasteiger partial charge in [-0.05, 0) is 51.2 Å². The standard InChI is InChI=1S/C21H37N5O/c1-5-22-21(24-14-10-19(17(3)4)27-6-2)25-18-11-15-26(16-12-18)20-9-7-8-13-23-20/h7-9,13,17-19H,5-6,10-12,14-16H2,1-4H3,(H2,22,24,25). The maximum Gasteiger partial charge on any atom is 0.191 e. The third kappa shape index (κ3) is 7.37. The van der Waals surface area contributed by atoms with Crippen LogP contribution in [0.5, 0.6) is 0 Å². The summed E-state index contributed by atoms with van der Waals surface area (Å²) in [6.07, 6.45) is 5.29. The van der Waals surface area contributed by atoms with Crippen molar-refractivity contribution < 1.29 is 4.74 Å². The molecule has 1 fully saturated rings. The maximum absolute atomic E-state index is 5.83. The first kappa shape index (κ1) is 21.5. The summed E-state index contributed by atoms with van der Waals surface area (Å²) in [5, 5.41) is 6.99. The van der Waals surface area contributed by atoms with E-state index in [0.717, 1.165) is 63.8 Å². The van der Waals surface area contributed by atoms with Crippen LogP contribution in [0, 0.1) is 5.92 Å². The minimum absolute atomic E-state index is 0.281. The van der Waals surface area contributed by atoms with Crippen molar-refractivity contribution in [1.82, 2.24) is 15.6 Å². The second kappa shape index (κ2) is 11.8. The van der Waals surface area contributed by atoms with Crippen LogP contribution in [0.15, 0.2) is 29.4 Å².